The molecule has 2 aromatic heterocycles. The van der Waals surface area contributed by atoms with E-state index in [1.54, 1.807) is 11.3 Å². The third-order valence-corrected chi connectivity index (χ3v) is 6.87. The van der Waals surface area contributed by atoms with Gasteiger partial charge in [0, 0.05) is 22.1 Å². The van der Waals surface area contributed by atoms with Gasteiger partial charge in [-0.1, -0.05) is 54.6 Å². The molecule has 0 aliphatic carbocycles. The van der Waals surface area contributed by atoms with Gasteiger partial charge in [0.25, 0.3) is 0 Å². The molecule has 0 saturated carbocycles. The van der Waals surface area contributed by atoms with Crippen LogP contribution in [0.2, 0.25) is 0 Å². The van der Waals surface area contributed by atoms with Crippen LogP contribution in [0.4, 0.5) is 0 Å². The molecule has 5 aromatic rings. The maximum atomic E-state index is 5.02. The van der Waals surface area contributed by atoms with Crippen molar-refractivity contribution in [3.63, 3.8) is 0 Å². The van der Waals surface area contributed by atoms with E-state index in [2.05, 4.69) is 87.7 Å². The van der Waals surface area contributed by atoms with Gasteiger partial charge in [-0.05, 0) is 68.1 Å². The van der Waals surface area contributed by atoms with Crippen molar-refractivity contribution in [2.45, 2.75) is 27.7 Å². The third kappa shape index (κ3) is 3.78. The zero-order valence-electron chi connectivity index (χ0n) is 18.8. The minimum atomic E-state index is 0.868. The number of thiazole rings is 1. The van der Waals surface area contributed by atoms with Crippen LogP contribution in [-0.4, -0.2) is 14.8 Å². The van der Waals surface area contributed by atoms with Crippen LogP contribution in [0.5, 0.6) is 0 Å². The molecular weight excluding hydrogens is 410 g/mol. The monoisotopic (exact) mass is 435 g/mol. The maximum absolute atomic E-state index is 5.02. The summed E-state index contributed by atoms with van der Waals surface area (Å²) in [5, 5.41) is 7.99. The molecule has 0 aliphatic rings. The van der Waals surface area contributed by atoms with Crippen molar-refractivity contribution < 1.29 is 0 Å². The molecule has 4 heteroatoms. The summed E-state index contributed by atoms with van der Waals surface area (Å²) in [5.74, 6) is 0. The summed E-state index contributed by atoms with van der Waals surface area (Å²) in [4.78, 5) is 4.93. The molecular formula is C28H25N3S. The Balaban J connectivity index is 1.66. The van der Waals surface area contributed by atoms with Crippen molar-refractivity contribution in [2.24, 2.45) is 0 Å². The van der Waals surface area contributed by atoms with Gasteiger partial charge in [0.15, 0.2) is 0 Å². The lowest BCUT2D eigenvalue weighted by Crippen LogP contribution is -1.99. The highest BCUT2D eigenvalue weighted by Gasteiger charge is 2.17. The standard InChI is InChI=1S/C28H25N3S/c1-18-10-12-23(14-20(18)3)25-16-27(24-13-11-19(2)21(4)15-24)31(30-25)28-29-26(17-32-28)22-8-6-5-7-9-22/h5-17H,1-4H3. The first-order valence-corrected chi connectivity index (χ1v) is 11.6. The highest BCUT2D eigenvalue weighted by Crippen LogP contribution is 2.33. The summed E-state index contributed by atoms with van der Waals surface area (Å²) in [5.41, 5.74) is 11.5. The average molecular weight is 436 g/mol. The Morgan fingerprint density at radius 3 is 1.97 bits per heavy atom. The summed E-state index contributed by atoms with van der Waals surface area (Å²) in [6.07, 6.45) is 0. The van der Waals surface area contributed by atoms with Gasteiger partial charge in [-0.3, -0.25) is 0 Å². The molecule has 5 rings (SSSR count). The first-order chi connectivity index (χ1) is 15.5. The van der Waals surface area contributed by atoms with Gasteiger partial charge in [0.2, 0.25) is 5.13 Å². The van der Waals surface area contributed by atoms with Gasteiger partial charge in [-0.15, -0.1) is 11.3 Å². The van der Waals surface area contributed by atoms with E-state index in [0.717, 1.165) is 38.9 Å². The number of nitrogens with zero attached hydrogens (tertiary/aromatic N) is 3. The zero-order chi connectivity index (χ0) is 22.2. The molecule has 3 aromatic carbocycles. The average Bonchev–Trinajstić information content (AvgIpc) is 3.46. The summed E-state index contributed by atoms with van der Waals surface area (Å²) >= 11 is 1.62. The van der Waals surface area contributed by atoms with Gasteiger partial charge in [-0.25, -0.2) is 9.67 Å². The molecule has 2 heterocycles. The van der Waals surface area contributed by atoms with Crippen LogP contribution in [0.15, 0.2) is 78.2 Å². The summed E-state index contributed by atoms with van der Waals surface area (Å²) < 4.78 is 1.99. The summed E-state index contributed by atoms with van der Waals surface area (Å²) in [6.45, 7) is 8.58. The number of benzene rings is 3. The van der Waals surface area contributed by atoms with E-state index in [4.69, 9.17) is 10.1 Å². The first-order valence-electron chi connectivity index (χ1n) is 10.8. The van der Waals surface area contributed by atoms with Crippen molar-refractivity contribution >= 4 is 11.3 Å². The van der Waals surface area contributed by atoms with Crippen LogP contribution in [0, 0.1) is 27.7 Å². The molecule has 0 spiro atoms. The molecule has 158 valence electrons. The number of rotatable bonds is 4. The quantitative estimate of drug-likeness (QED) is 0.291. The fourth-order valence-electron chi connectivity index (χ4n) is 3.78. The largest absolute Gasteiger partial charge is 0.218 e. The second-order valence-corrected chi connectivity index (χ2v) is 9.14. The van der Waals surface area contributed by atoms with E-state index in [1.165, 1.54) is 22.3 Å². The van der Waals surface area contributed by atoms with Crippen molar-refractivity contribution in [1.82, 2.24) is 14.8 Å². The molecule has 0 saturated heterocycles. The van der Waals surface area contributed by atoms with E-state index in [9.17, 15) is 0 Å². The molecule has 3 nitrogen and oxygen atoms in total. The predicted octanol–water partition coefficient (Wildman–Crippen LogP) is 7.56. The Morgan fingerprint density at radius 1 is 0.625 bits per heavy atom. The van der Waals surface area contributed by atoms with Crippen molar-refractivity contribution in [2.75, 3.05) is 0 Å². The van der Waals surface area contributed by atoms with E-state index < -0.39 is 0 Å². The van der Waals surface area contributed by atoms with Crippen LogP contribution in [-0.2, 0) is 0 Å². The van der Waals surface area contributed by atoms with Crippen LogP contribution in [0.3, 0.4) is 0 Å². The summed E-state index contributed by atoms with van der Waals surface area (Å²) in [6, 6.07) is 25.6. The Hall–Kier alpha value is -3.50. The Kier molecular flexibility index (Phi) is 5.24. The number of aryl methyl sites for hydroxylation is 4. The van der Waals surface area contributed by atoms with Gasteiger partial charge < -0.3 is 0 Å². The fourth-order valence-corrected chi connectivity index (χ4v) is 4.57. The molecule has 0 atom stereocenters. The molecule has 0 aliphatic heterocycles. The number of hydrogen-bond acceptors (Lipinski definition) is 3. The van der Waals surface area contributed by atoms with Crippen LogP contribution >= 0.6 is 11.3 Å². The minimum Gasteiger partial charge on any atom is -0.218 e. The Morgan fingerprint density at radius 2 is 1.28 bits per heavy atom. The zero-order valence-corrected chi connectivity index (χ0v) is 19.6. The molecule has 0 N–H and O–H groups in total. The molecule has 0 radical (unpaired) electrons. The van der Waals surface area contributed by atoms with Crippen molar-refractivity contribution in [3.8, 4) is 38.9 Å². The molecule has 0 bridgehead atoms. The summed E-state index contributed by atoms with van der Waals surface area (Å²) in [7, 11) is 0. The topological polar surface area (TPSA) is 30.7 Å². The number of hydrogen-bond donors (Lipinski definition) is 0. The lowest BCUT2D eigenvalue weighted by atomic mass is 10.0. The first kappa shape index (κ1) is 20.4. The van der Waals surface area contributed by atoms with Gasteiger partial charge in [0.1, 0.15) is 0 Å². The smallest absolute Gasteiger partial charge is 0.211 e. The Labute approximate surface area is 193 Å². The number of aromatic nitrogens is 3. The van der Waals surface area contributed by atoms with Gasteiger partial charge in [0.05, 0.1) is 17.1 Å². The van der Waals surface area contributed by atoms with E-state index >= 15 is 0 Å². The van der Waals surface area contributed by atoms with E-state index in [1.807, 2.05) is 22.9 Å². The lowest BCUT2D eigenvalue weighted by Gasteiger charge is -2.07. The minimum absolute atomic E-state index is 0.868. The highest BCUT2D eigenvalue weighted by molar-refractivity contribution is 7.12. The molecule has 32 heavy (non-hydrogen) atoms. The fraction of sp³-hybridized carbons (Fsp3) is 0.143. The van der Waals surface area contributed by atoms with Crippen LogP contribution in [0.25, 0.3) is 38.9 Å². The Bertz CT molecular complexity index is 1410. The normalized spacial score (nSPS) is 11.1. The lowest BCUT2D eigenvalue weighted by molar-refractivity contribution is 0.881. The second-order valence-electron chi connectivity index (χ2n) is 8.31. The molecule has 0 fully saturated rings. The third-order valence-electron chi connectivity index (χ3n) is 6.06. The van der Waals surface area contributed by atoms with Gasteiger partial charge >= 0.3 is 0 Å². The van der Waals surface area contributed by atoms with E-state index in [0.29, 0.717) is 0 Å². The molecule has 0 unspecified atom stereocenters. The van der Waals surface area contributed by atoms with Crippen molar-refractivity contribution in [1.29, 1.82) is 0 Å². The molecule has 0 amide bonds. The highest BCUT2D eigenvalue weighted by atomic mass is 32.1. The second kappa shape index (κ2) is 8.21. The van der Waals surface area contributed by atoms with E-state index in [-0.39, 0.29) is 0 Å². The maximum Gasteiger partial charge on any atom is 0.211 e. The SMILES string of the molecule is Cc1ccc(-c2cc(-c3ccc(C)c(C)c3)n(-c3nc(-c4ccccc4)cs3)n2)cc1C. The predicted molar refractivity (Wildman–Crippen MR) is 134 cm³/mol. The van der Waals surface area contributed by atoms with Crippen LogP contribution in [0.1, 0.15) is 22.3 Å². The van der Waals surface area contributed by atoms with Crippen LogP contribution < -0.4 is 0 Å². The van der Waals surface area contributed by atoms with Crippen molar-refractivity contribution in [3.05, 3.63) is 100 Å². The van der Waals surface area contributed by atoms with Gasteiger partial charge in [-0.2, -0.15) is 5.10 Å².